The van der Waals surface area contributed by atoms with Gasteiger partial charge in [-0.05, 0) is 30.2 Å². The molecular formula is C12H9ClO2. The molecule has 0 aliphatic rings. The lowest BCUT2D eigenvalue weighted by molar-refractivity contribution is 0.103. The third kappa shape index (κ3) is 1.81. The van der Waals surface area contributed by atoms with E-state index in [1.165, 1.54) is 6.26 Å². The molecule has 76 valence electrons. The van der Waals surface area contributed by atoms with Crippen LogP contribution in [0.5, 0.6) is 0 Å². The number of rotatable bonds is 2. The van der Waals surface area contributed by atoms with Gasteiger partial charge in [0.1, 0.15) is 0 Å². The van der Waals surface area contributed by atoms with E-state index in [0.717, 1.165) is 5.56 Å². The standard InChI is InChI=1S/C12H9ClO2/c1-8-4-2-3-5-9(8)11(14)10-6-7-15-12(10)13/h2-7H,1H3. The van der Waals surface area contributed by atoms with Crippen LogP contribution in [-0.2, 0) is 0 Å². The number of aryl methyl sites for hydroxylation is 1. The van der Waals surface area contributed by atoms with E-state index in [4.69, 9.17) is 16.0 Å². The van der Waals surface area contributed by atoms with Crippen LogP contribution in [0, 0.1) is 6.92 Å². The number of ketones is 1. The summed E-state index contributed by atoms with van der Waals surface area (Å²) in [6.45, 7) is 1.89. The Labute approximate surface area is 92.5 Å². The Bertz CT molecular complexity index is 500. The molecule has 0 N–H and O–H groups in total. The second-order valence-corrected chi connectivity index (χ2v) is 3.60. The molecule has 0 bridgehead atoms. The van der Waals surface area contributed by atoms with Gasteiger partial charge in [-0.15, -0.1) is 0 Å². The molecule has 2 nitrogen and oxygen atoms in total. The molecule has 0 aliphatic heterocycles. The van der Waals surface area contributed by atoms with Crippen LogP contribution >= 0.6 is 11.6 Å². The summed E-state index contributed by atoms with van der Waals surface area (Å²) in [5.41, 5.74) is 1.99. The van der Waals surface area contributed by atoms with Crippen molar-refractivity contribution in [1.29, 1.82) is 0 Å². The molecular weight excluding hydrogens is 212 g/mol. The highest BCUT2D eigenvalue weighted by atomic mass is 35.5. The molecule has 1 aromatic carbocycles. The van der Waals surface area contributed by atoms with Crippen molar-refractivity contribution in [3.8, 4) is 0 Å². The number of carbonyl (C=O) groups is 1. The molecule has 0 saturated heterocycles. The van der Waals surface area contributed by atoms with Crippen molar-refractivity contribution in [2.24, 2.45) is 0 Å². The maximum Gasteiger partial charge on any atom is 0.204 e. The number of hydrogen-bond donors (Lipinski definition) is 0. The minimum atomic E-state index is -0.105. The highest BCUT2D eigenvalue weighted by molar-refractivity contribution is 6.33. The van der Waals surface area contributed by atoms with E-state index >= 15 is 0 Å². The Hall–Kier alpha value is -1.54. The molecule has 0 atom stereocenters. The first-order chi connectivity index (χ1) is 7.20. The molecule has 2 aromatic rings. The fourth-order valence-corrected chi connectivity index (χ4v) is 1.63. The lowest BCUT2D eigenvalue weighted by atomic mass is 10.0. The average Bonchev–Trinajstić information content (AvgIpc) is 2.64. The average molecular weight is 221 g/mol. The summed E-state index contributed by atoms with van der Waals surface area (Å²) in [4.78, 5) is 12.0. The lowest BCUT2D eigenvalue weighted by Gasteiger charge is -2.02. The summed E-state index contributed by atoms with van der Waals surface area (Å²) in [5, 5.41) is 0.142. The summed E-state index contributed by atoms with van der Waals surface area (Å²) in [7, 11) is 0. The van der Waals surface area contributed by atoms with Crippen molar-refractivity contribution < 1.29 is 9.21 Å². The first-order valence-electron chi connectivity index (χ1n) is 4.53. The Kier molecular flexibility index (Phi) is 2.60. The first-order valence-corrected chi connectivity index (χ1v) is 4.91. The van der Waals surface area contributed by atoms with Gasteiger partial charge in [0.2, 0.25) is 5.22 Å². The van der Waals surface area contributed by atoms with E-state index < -0.39 is 0 Å². The predicted octanol–water partition coefficient (Wildman–Crippen LogP) is 3.47. The van der Waals surface area contributed by atoms with Crippen LogP contribution in [0.2, 0.25) is 5.22 Å². The predicted molar refractivity (Wildman–Crippen MR) is 58.3 cm³/mol. The minimum absolute atomic E-state index is 0.105. The SMILES string of the molecule is Cc1ccccc1C(=O)c1ccoc1Cl. The zero-order chi connectivity index (χ0) is 10.8. The third-order valence-corrected chi connectivity index (χ3v) is 2.54. The molecule has 0 unspecified atom stereocenters. The lowest BCUT2D eigenvalue weighted by Crippen LogP contribution is -2.02. The highest BCUT2D eigenvalue weighted by Crippen LogP contribution is 2.21. The Balaban J connectivity index is 2.46. The van der Waals surface area contributed by atoms with Crippen LogP contribution in [0.1, 0.15) is 21.5 Å². The van der Waals surface area contributed by atoms with Gasteiger partial charge >= 0.3 is 0 Å². The maximum absolute atomic E-state index is 12.0. The summed E-state index contributed by atoms with van der Waals surface area (Å²) in [6.07, 6.45) is 1.41. The third-order valence-electron chi connectivity index (χ3n) is 2.25. The quantitative estimate of drug-likeness (QED) is 0.726. The van der Waals surface area contributed by atoms with Gasteiger partial charge in [-0.2, -0.15) is 0 Å². The van der Waals surface area contributed by atoms with Crippen LogP contribution in [0.25, 0.3) is 0 Å². The van der Waals surface area contributed by atoms with Crippen molar-refractivity contribution in [3.63, 3.8) is 0 Å². The zero-order valence-corrected chi connectivity index (χ0v) is 8.91. The molecule has 0 radical (unpaired) electrons. The summed E-state index contributed by atoms with van der Waals surface area (Å²) < 4.78 is 4.89. The molecule has 1 heterocycles. The van der Waals surface area contributed by atoms with Crippen molar-refractivity contribution in [3.05, 3.63) is 58.5 Å². The number of hydrogen-bond acceptors (Lipinski definition) is 2. The highest BCUT2D eigenvalue weighted by Gasteiger charge is 2.16. The number of benzene rings is 1. The number of carbonyl (C=O) groups excluding carboxylic acids is 1. The van der Waals surface area contributed by atoms with E-state index in [9.17, 15) is 4.79 Å². The Morgan fingerprint density at radius 3 is 2.53 bits per heavy atom. The van der Waals surface area contributed by atoms with E-state index in [1.807, 2.05) is 25.1 Å². The normalized spacial score (nSPS) is 10.3. The smallest absolute Gasteiger partial charge is 0.204 e. The summed E-state index contributed by atoms with van der Waals surface area (Å²) in [5.74, 6) is -0.105. The van der Waals surface area contributed by atoms with Gasteiger partial charge in [0.15, 0.2) is 5.78 Å². The topological polar surface area (TPSA) is 30.2 Å². The fourth-order valence-electron chi connectivity index (χ4n) is 1.43. The Morgan fingerprint density at radius 2 is 1.93 bits per heavy atom. The van der Waals surface area contributed by atoms with Crippen molar-refractivity contribution in [2.75, 3.05) is 0 Å². The maximum atomic E-state index is 12.0. The Morgan fingerprint density at radius 1 is 1.20 bits per heavy atom. The first kappa shape index (κ1) is 9.99. The van der Waals surface area contributed by atoms with Crippen molar-refractivity contribution in [2.45, 2.75) is 6.92 Å². The van der Waals surface area contributed by atoms with E-state index in [-0.39, 0.29) is 11.0 Å². The van der Waals surface area contributed by atoms with Gasteiger partial charge in [-0.1, -0.05) is 24.3 Å². The minimum Gasteiger partial charge on any atom is -0.452 e. The molecule has 0 aliphatic carbocycles. The second-order valence-electron chi connectivity index (χ2n) is 3.25. The van der Waals surface area contributed by atoms with E-state index in [0.29, 0.717) is 11.1 Å². The molecule has 0 saturated carbocycles. The molecule has 2 rings (SSSR count). The van der Waals surface area contributed by atoms with Crippen molar-refractivity contribution in [1.82, 2.24) is 0 Å². The molecule has 1 aromatic heterocycles. The molecule has 0 fully saturated rings. The van der Waals surface area contributed by atoms with Crippen molar-refractivity contribution >= 4 is 17.4 Å². The van der Waals surface area contributed by atoms with Gasteiger partial charge in [0.25, 0.3) is 0 Å². The van der Waals surface area contributed by atoms with Crippen LogP contribution in [0.4, 0.5) is 0 Å². The van der Waals surface area contributed by atoms with Gasteiger partial charge < -0.3 is 4.42 Å². The van der Waals surface area contributed by atoms with E-state index in [2.05, 4.69) is 0 Å². The number of halogens is 1. The van der Waals surface area contributed by atoms with Crippen LogP contribution in [0.15, 0.2) is 41.0 Å². The second kappa shape index (κ2) is 3.91. The zero-order valence-electron chi connectivity index (χ0n) is 8.16. The van der Waals surface area contributed by atoms with Crippen LogP contribution < -0.4 is 0 Å². The van der Waals surface area contributed by atoms with Crippen LogP contribution in [0.3, 0.4) is 0 Å². The molecule has 0 amide bonds. The van der Waals surface area contributed by atoms with Gasteiger partial charge in [-0.25, -0.2) is 0 Å². The largest absolute Gasteiger partial charge is 0.452 e. The summed E-state index contributed by atoms with van der Waals surface area (Å²) in [6, 6.07) is 8.97. The summed E-state index contributed by atoms with van der Waals surface area (Å²) >= 11 is 5.75. The van der Waals surface area contributed by atoms with Gasteiger partial charge in [0, 0.05) is 5.56 Å². The molecule has 0 spiro atoms. The van der Waals surface area contributed by atoms with E-state index in [1.54, 1.807) is 12.1 Å². The monoisotopic (exact) mass is 220 g/mol. The van der Waals surface area contributed by atoms with Gasteiger partial charge in [0.05, 0.1) is 11.8 Å². The fraction of sp³-hybridized carbons (Fsp3) is 0.0833. The van der Waals surface area contributed by atoms with Crippen LogP contribution in [-0.4, -0.2) is 5.78 Å². The number of furan rings is 1. The molecule has 15 heavy (non-hydrogen) atoms. The van der Waals surface area contributed by atoms with Gasteiger partial charge in [-0.3, -0.25) is 4.79 Å². The molecule has 3 heteroatoms.